The van der Waals surface area contributed by atoms with Crippen molar-refractivity contribution < 1.29 is 9.59 Å². The van der Waals surface area contributed by atoms with Gasteiger partial charge < -0.3 is 10.2 Å². The molecule has 2 aromatic rings. The molecule has 0 saturated carbocycles. The highest BCUT2D eigenvalue weighted by Crippen LogP contribution is 2.32. The number of hydrogen-bond donors (Lipinski definition) is 1. The quantitative estimate of drug-likeness (QED) is 0.850. The first-order valence-corrected chi connectivity index (χ1v) is 8.75. The molecule has 1 heterocycles. The highest BCUT2D eigenvalue weighted by atomic mass is 35.5. The number of hydrogen-bond acceptors (Lipinski definition) is 2. The molecule has 1 atom stereocenters. The van der Waals surface area contributed by atoms with Crippen molar-refractivity contribution in [1.29, 1.82) is 0 Å². The highest BCUT2D eigenvalue weighted by Gasteiger charge is 2.35. The second-order valence-corrected chi connectivity index (χ2v) is 7.06. The van der Waals surface area contributed by atoms with Crippen molar-refractivity contribution in [3.05, 3.63) is 57.6 Å². The minimum Gasteiger partial charge on any atom is -0.326 e. The Morgan fingerprint density at radius 1 is 1.16 bits per heavy atom. The lowest BCUT2D eigenvalue weighted by Crippen LogP contribution is -2.28. The molecule has 0 aliphatic carbocycles. The zero-order valence-electron chi connectivity index (χ0n) is 14.0. The van der Waals surface area contributed by atoms with E-state index in [1.54, 1.807) is 29.2 Å². The molecule has 2 aromatic carbocycles. The van der Waals surface area contributed by atoms with Gasteiger partial charge in [-0.25, -0.2) is 0 Å². The standard InChI is InChI=1S/C19H18Cl2N2O2/c1-11-6-7-14(9-16(11)21)22-19(25)13-8-18(24)23(10-13)17-5-3-4-15(20)12(17)2/h3-7,9,13H,8,10H2,1-2H3,(H,22,25)/t13-/m1/s1. The third kappa shape index (κ3) is 3.65. The Hall–Kier alpha value is -2.04. The van der Waals surface area contributed by atoms with Gasteiger partial charge in [0.25, 0.3) is 0 Å². The van der Waals surface area contributed by atoms with E-state index in [4.69, 9.17) is 23.2 Å². The van der Waals surface area contributed by atoms with Gasteiger partial charge in [-0.15, -0.1) is 0 Å². The van der Waals surface area contributed by atoms with E-state index in [1.165, 1.54) is 0 Å². The summed E-state index contributed by atoms with van der Waals surface area (Å²) in [5.41, 5.74) is 3.17. The van der Waals surface area contributed by atoms with Crippen molar-refractivity contribution in [1.82, 2.24) is 0 Å². The Bertz CT molecular complexity index is 851. The highest BCUT2D eigenvalue weighted by molar-refractivity contribution is 6.32. The Kier molecular flexibility index (Phi) is 5.02. The van der Waals surface area contributed by atoms with Crippen molar-refractivity contribution in [3.63, 3.8) is 0 Å². The van der Waals surface area contributed by atoms with Gasteiger partial charge in [0.15, 0.2) is 0 Å². The molecule has 1 fully saturated rings. The molecule has 130 valence electrons. The monoisotopic (exact) mass is 376 g/mol. The number of aryl methyl sites for hydroxylation is 1. The average Bonchev–Trinajstić information content (AvgIpc) is 2.95. The summed E-state index contributed by atoms with van der Waals surface area (Å²) in [5.74, 6) is -0.672. The maximum atomic E-state index is 12.5. The summed E-state index contributed by atoms with van der Waals surface area (Å²) in [4.78, 5) is 26.5. The number of amides is 2. The van der Waals surface area contributed by atoms with Crippen molar-refractivity contribution in [3.8, 4) is 0 Å². The number of nitrogens with one attached hydrogen (secondary N) is 1. The first-order valence-electron chi connectivity index (χ1n) is 7.99. The SMILES string of the molecule is Cc1ccc(NC(=O)[C@@H]2CC(=O)N(c3cccc(Cl)c3C)C2)cc1Cl. The third-order valence-electron chi connectivity index (χ3n) is 4.47. The van der Waals surface area contributed by atoms with Crippen LogP contribution in [0.5, 0.6) is 0 Å². The van der Waals surface area contributed by atoms with Crippen molar-refractivity contribution in [2.45, 2.75) is 20.3 Å². The number of anilines is 2. The van der Waals surface area contributed by atoms with Crippen LogP contribution in [-0.4, -0.2) is 18.4 Å². The molecular formula is C19H18Cl2N2O2. The van der Waals surface area contributed by atoms with Crippen LogP contribution in [0.1, 0.15) is 17.5 Å². The Labute approximate surface area is 156 Å². The summed E-state index contributed by atoms with van der Waals surface area (Å²) in [6.07, 6.45) is 0.178. The minimum absolute atomic E-state index is 0.0764. The Morgan fingerprint density at radius 2 is 1.92 bits per heavy atom. The van der Waals surface area contributed by atoms with Crippen LogP contribution in [0.25, 0.3) is 0 Å². The van der Waals surface area contributed by atoms with E-state index in [9.17, 15) is 9.59 Å². The zero-order chi connectivity index (χ0) is 18.1. The number of rotatable bonds is 3. The molecule has 6 heteroatoms. The lowest BCUT2D eigenvalue weighted by Gasteiger charge is -2.19. The third-order valence-corrected chi connectivity index (χ3v) is 5.28. The van der Waals surface area contributed by atoms with Crippen molar-refractivity contribution in [2.24, 2.45) is 5.92 Å². The first-order chi connectivity index (χ1) is 11.9. The van der Waals surface area contributed by atoms with E-state index in [0.717, 1.165) is 16.8 Å². The van der Waals surface area contributed by atoms with Crippen LogP contribution >= 0.6 is 23.2 Å². The summed E-state index contributed by atoms with van der Waals surface area (Å²) < 4.78 is 0. The number of benzene rings is 2. The molecule has 1 N–H and O–H groups in total. The zero-order valence-corrected chi connectivity index (χ0v) is 15.5. The van der Waals surface area contributed by atoms with E-state index in [-0.39, 0.29) is 18.2 Å². The van der Waals surface area contributed by atoms with E-state index >= 15 is 0 Å². The van der Waals surface area contributed by atoms with Crippen LogP contribution in [-0.2, 0) is 9.59 Å². The number of nitrogens with zero attached hydrogens (tertiary/aromatic N) is 1. The molecule has 0 radical (unpaired) electrons. The van der Waals surface area contributed by atoms with E-state index in [2.05, 4.69) is 5.32 Å². The molecule has 4 nitrogen and oxygen atoms in total. The van der Waals surface area contributed by atoms with Crippen molar-refractivity contribution in [2.75, 3.05) is 16.8 Å². The minimum atomic E-state index is -0.411. The lowest BCUT2D eigenvalue weighted by atomic mass is 10.1. The Morgan fingerprint density at radius 3 is 2.64 bits per heavy atom. The van der Waals surface area contributed by atoms with E-state index < -0.39 is 5.92 Å². The molecule has 3 rings (SSSR count). The van der Waals surface area contributed by atoms with Crippen LogP contribution in [0.3, 0.4) is 0 Å². The summed E-state index contributed by atoms with van der Waals surface area (Å²) >= 11 is 12.2. The molecule has 25 heavy (non-hydrogen) atoms. The summed E-state index contributed by atoms with van der Waals surface area (Å²) in [6.45, 7) is 4.10. The lowest BCUT2D eigenvalue weighted by molar-refractivity contribution is -0.122. The normalized spacial score (nSPS) is 17.0. The molecule has 0 bridgehead atoms. The largest absolute Gasteiger partial charge is 0.326 e. The van der Waals surface area contributed by atoms with Crippen molar-refractivity contribution >= 4 is 46.4 Å². The van der Waals surface area contributed by atoms with Gasteiger partial charge in [-0.1, -0.05) is 35.3 Å². The van der Waals surface area contributed by atoms with Crippen LogP contribution in [0.4, 0.5) is 11.4 Å². The fourth-order valence-electron chi connectivity index (χ4n) is 2.92. The number of carbonyl (C=O) groups excluding carboxylic acids is 2. The molecule has 1 aliphatic rings. The first kappa shape index (κ1) is 17.8. The van der Waals surface area contributed by atoms with Gasteiger partial charge in [0.2, 0.25) is 11.8 Å². The van der Waals surface area contributed by atoms with E-state index in [0.29, 0.717) is 22.3 Å². The maximum Gasteiger partial charge on any atom is 0.229 e. The molecular weight excluding hydrogens is 359 g/mol. The fourth-order valence-corrected chi connectivity index (χ4v) is 3.27. The summed E-state index contributed by atoms with van der Waals surface area (Å²) in [6, 6.07) is 10.8. The molecule has 0 spiro atoms. The molecule has 1 saturated heterocycles. The smallest absolute Gasteiger partial charge is 0.229 e. The van der Waals surface area contributed by atoms with Crippen LogP contribution < -0.4 is 10.2 Å². The summed E-state index contributed by atoms with van der Waals surface area (Å²) in [5, 5.41) is 4.04. The van der Waals surface area contributed by atoms with Gasteiger partial charge in [-0.2, -0.15) is 0 Å². The van der Waals surface area contributed by atoms with Gasteiger partial charge in [0.05, 0.1) is 5.92 Å². The summed E-state index contributed by atoms with van der Waals surface area (Å²) in [7, 11) is 0. The molecule has 1 aliphatic heterocycles. The van der Waals surface area contributed by atoms with E-state index in [1.807, 2.05) is 26.0 Å². The number of carbonyl (C=O) groups is 2. The second kappa shape index (κ2) is 7.06. The van der Waals surface area contributed by atoms with Gasteiger partial charge in [0, 0.05) is 34.4 Å². The molecule has 0 unspecified atom stereocenters. The molecule has 2 amide bonds. The van der Waals surface area contributed by atoms with Crippen LogP contribution in [0, 0.1) is 19.8 Å². The topological polar surface area (TPSA) is 49.4 Å². The Balaban J connectivity index is 1.74. The fraction of sp³-hybridized carbons (Fsp3) is 0.263. The average molecular weight is 377 g/mol. The van der Waals surface area contributed by atoms with Gasteiger partial charge in [-0.05, 0) is 49.2 Å². The maximum absolute atomic E-state index is 12.5. The predicted molar refractivity (Wildman–Crippen MR) is 101 cm³/mol. The second-order valence-electron chi connectivity index (χ2n) is 6.24. The molecule has 0 aromatic heterocycles. The van der Waals surface area contributed by atoms with Crippen LogP contribution in [0.2, 0.25) is 10.0 Å². The van der Waals surface area contributed by atoms with Gasteiger partial charge in [0.1, 0.15) is 0 Å². The van der Waals surface area contributed by atoms with Gasteiger partial charge >= 0.3 is 0 Å². The van der Waals surface area contributed by atoms with Gasteiger partial charge in [-0.3, -0.25) is 9.59 Å². The number of halogens is 2. The predicted octanol–water partition coefficient (Wildman–Crippen LogP) is 4.60. The van der Waals surface area contributed by atoms with Crippen LogP contribution in [0.15, 0.2) is 36.4 Å².